The Balaban J connectivity index is 1.96. The Morgan fingerprint density at radius 1 is 1.26 bits per heavy atom. The van der Waals surface area contributed by atoms with Crippen LogP contribution in [0.2, 0.25) is 0 Å². The summed E-state index contributed by atoms with van der Waals surface area (Å²) in [6.45, 7) is 2.48. The topological polar surface area (TPSA) is 41.5 Å². The monoisotopic (exact) mass is 375 g/mol. The van der Waals surface area contributed by atoms with Crippen LogP contribution in [0.25, 0.3) is 0 Å². The Labute approximate surface area is 163 Å². The Bertz CT molecular complexity index is 627. The zero-order valence-electron chi connectivity index (χ0n) is 16.6. The lowest BCUT2D eigenvalue weighted by atomic mass is 9.71. The highest BCUT2D eigenvalue weighted by Crippen LogP contribution is 2.44. The van der Waals surface area contributed by atoms with Crippen molar-refractivity contribution in [3.63, 3.8) is 0 Å². The molecule has 2 N–H and O–H groups in total. The van der Waals surface area contributed by atoms with E-state index in [0.717, 1.165) is 63.6 Å². The highest BCUT2D eigenvalue weighted by Gasteiger charge is 2.41. The lowest BCUT2D eigenvalue weighted by Crippen LogP contribution is -2.45. The van der Waals surface area contributed by atoms with Crippen LogP contribution >= 0.6 is 0 Å². The average Bonchev–Trinajstić information content (AvgIpc) is 2.72. The Kier molecular flexibility index (Phi) is 7.45. The number of methoxy groups -OCH3 is 1. The molecule has 1 saturated heterocycles. The van der Waals surface area contributed by atoms with Crippen LogP contribution in [-0.4, -0.2) is 31.9 Å². The van der Waals surface area contributed by atoms with E-state index in [1.165, 1.54) is 0 Å². The quantitative estimate of drug-likeness (QED) is 0.513. The zero-order chi connectivity index (χ0) is 19.1. The van der Waals surface area contributed by atoms with Gasteiger partial charge < -0.3 is 15.2 Å². The fourth-order valence-electron chi connectivity index (χ4n) is 4.80. The van der Waals surface area contributed by atoms with Crippen molar-refractivity contribution in [2.75, 3.05) is 26.8 Å². The molecule has 3 atom stereocenters. The summed E-state index contributed by atoms with van der Waals surface area (Å²) in [5, 5.41) is 15.4. The first kappa shape index (κ1) is 20.5. The van der Waals surface area contributed by atoms with Crippen LogP contribution in [0.15, 0.2) is 30.4 Å². The number of aliphatic hydroxyl groups is 1. The molecule has 2 aliphatic rings. The molecular formula is C23H34FNO2. The summed E-state index contributed by atoms with van der Waals surface area (Å²) in [6.07, 6.45) is 11.8. The van der Waals surface area contributed by atoms with Gasteiger partial charge in [0.2, 0.25) is 0 Å². The third-order valence-corrected chi connectivity index (χ3v) is 6.27. The number of piperidine rings is 1. The van der Waals surface area contributed by atoms with Gasteiger partial charge in [0.15, 0.2) is 0 Å². The van der Waals surface area contributed by atoms with Crippen molar-refractivity contribution in [3.8, 4) is 0 Å². The van der Waals surface area contributed by atoms with Gasteiger partial charge in [-0.05, 0) is 69.5 Å². The lowest BCUT2D eigenvalue weighted by molar-refractivity contribution is -0.0445. The number of ether oxygens (including phenoxy) is 1. The van der Waals surface area contributed by atoms with E-state index in [9.17, 15) is 9.50 Å². The standard InChI is InChI=1S/C23H34FNO2/c1-27-16-6-5-14-23(26,19-11-8-15-25-17-19)20-12-7-13-21(24)22(20)18-9-3-2-4-10-18/h3,7,9,12-13,18-19,25-26H,2,4-6,8,10-11,14-17H2,1H3/t18?,19-,23+/m1/s1. The van der Waals surface area contributed by atoms with Gasteiger partial charge in [0.05, 0.1) is 5.60 Å². The Hall–Kier alpha value is -1.23. The van der Waals surface area contributed by atoms with E-state index in [2.05, 4.69) is 17.5 Å². The molecule has 3 rings (SSSR count). The van der Waals surface area contributed by atoms with E-state index in [0.29, 0.717) is 18.6 Å². The Morgan fingerprint density at radius 2 is 2.15 bits per heavy atom. The summed E-state index contributed by atoms with van der Waals surface area (Å²) in [6, 6.07) is 5.27. The molecule has 0 saturated carbocycles. The van der Waals surface area contributed by atoms with E-state index in [1.807, 2.05) is 6.07 Å². The summed E-state index contributed by atoms with van der Waals surface area (Å²) in [5.74, 6) is 0.00190. The van der Waals surface area contributed by atoms with E-state index in [1.54, 1.807) is 19.2 Å². The van der Waals surface area contributed by atoms with Crippen molar-refractivity contribution in [2.45, 2.75) is 62.9 Å². The zero-order valence-corrected chi connectivity index (χ0v) is 16.6. The molecule has 1 fully saturated rings. The fourth-order valence-corrected chi connectivity index (χ4v) is 4.80. The SMILES string of the molecule is COCCCC[C@@](O)(c1cccc(F)c1C1C=CCCC1)[C@@H]1CCCNC1. The van der Waals surface area contributed by atoms with E-state index in [-0.39, 0.29) is 17.7 Å². The van der Waals surface area contributed by atoms with Crippen molar-refractivity contribution in [2.24, 2.45) is 5.92 Å². The van der Waals surface area contributed by atoms with Crippen molar-refractivity contribution in [3.05, 3.63) is 47.3 Å². The molecule has 3 nitrogen and oxygen atoms in total. The van der Waals surface area contributed by atoms with Crippen molar-refractivity contribution in [1.82, 2.24) is 5.32 Å². The van der Waals surface area contributed by atoms with Crippen LogP contribution in [0, 0.1) is 11.7 Å². The molecule has 4 heteroatoms. The molecule has 0 bridgehead atoms. The Morgan fingerprint density at radius 3 is 2.85 bits per heavy atom. The number of hydrogen-bond acceptors (Lipinski definition) is 3. The summed E-state index contributed by atoms with van der Waals surface area (Å²) < 4.78 is 20.2. The first-order chi connectivity index (χ1) is 13.2. The van der Waals surface area contributed by atoms with Crippen molar-refractivity contribution >= 4 is 0 Å². The van der Waals surface area contributed by atoms with Gasteiger partial charge in [0.1, 0.15) is 5.82 Å². The van der Waals surface area contributed by atoms with Gasteiger partial charge in [-0.2, -0.15) is 0 Å². The van der Waals surface area contributed by atoms with Gasteiger partial charge in [0, 0.05) is 37.7 Å². The average molecular weight is 376 g/mol. The molecule has 0 radical (unpaired) electrons. The minimum absolute atomic E-state index is 0.0667. The molecule has 1 aliphatic heterocycles. The lowest BCUT2D eigenvalue weighted by Gasteiger charge is -2.41. The number of rotatable bonds is 8. The molecule has 0 aromatic heterocycles. The molecule has 1 heterocycles. The van der Waals surface area contributed by atoms with Crippen LogP contribution in [-0.2, 0) is 10.3 Å². The van der Waals surface area contributed by atoms with E-state index in [4.69, 9.17) is 4.74 Å². The number of unbranched alkanes of at least 4 members (excludes halogenated alkanes) is 1. The molecular weight excluding hydrogens is 341 g/mol. The van der Waals surface area contributed by atoms with Gasteiger partial charge in [0.25, 0.3) is 0 Å². The largest absolute Gasteiger partial charge is 0.385 e. The second-order valence-electron chi connectivity index (χ2n) is 8.08. The minimum Gasteiger partial charge on any atom is -0.385 e. The highest BCUT2D eigenvalue weighted by molar-refractivity contribution is 5.39. The smallest absolute Gasteiger partial charge is 0.127 e. The summed E-state index contributed by atoms with van der Waals surface area (Å²) in [7, 11) is 1.71. The van der Waals surface area contributed by atoms with Gasteiger partial charge in [-0.25, -0.2) is 4.39 Å². The maximum Gasteiger partial charge on any atom is 0.127 e. The van der Waals surface area contributed by atoms with Gasteiger partial charge in [-0.3, -0.25) is 0 Å². The maximum absolute atomic E-state index is 15.0. The third kappa shape index (κ3) is 4.79. The summed E-state index contributed by atoms with van der Waals surface area (Å²) in [5.41, 5.74) is 0.530. The number of allylic oxidation sites excluding steroid dienone is 2. The maximum atomic E-state index is 15.0. The first-order valence-electron chi connectivity index (χ1n) is 10.5. The van der Waals surface area contributed by atoms with Crippen LogP contribution in [0.3, 0.4) is 0 Å². The number of hydrogen-bond donors (Lipinski definition) is 2. The second kappa shape index (κ2) is 9.81. The van der Waals surface area contributed by atoms with Crippen molar-refractivity contribution < 1.29 is 14.2 Å². The van der Waals surface area contributed by atoms with Crippen LogP contribution < -0.4 is 5.32 Å². The second-order valence-corrected chi connectivity index (χ2v) is 8.08. The first-order valence-corrected chi connectivity index (χ1v) is 10.5. The van der Waals surface area contributed by atoms with E-state index < -0.39 is 5.60 Å². The van der Waals surface area contributed by atoms with Gasteiger partial charge in [-0.15, -0.1) is 0 Å². The van der Waals surface area contributed by atoms with Crippen LogP contribution in [0.4, 0.5) is 4.39 Å². The molecule has 1 aromatic rings. The molecule has 0 amide bonds. The number of halogens is 1. The highest BCUT2D eigenvalue weighted by atomic mass is 19.1. The number of nitrogens with one attached hydrogen (secondary N) is 1. The molecule has 27 heavy (non-hydrogen) atoms. The number of benzene rings is 1. The molecule has 150 valence electrons. The molecule has 1 unspecified atom stereocenters. The van der Waals surface area contributed by atoms with Crippen molar-refractivity contribution in [1.29, 1.82) is 0 Å². The van der Waals surface area contributed by atoms with Crippen LogP contribution in [0.5, 0.6) is 0 Å². The molecule has 1 aromatic carbocycles. The van der Waals surface area contributed by atoms with Gasteiger partial charge in [-0.1, -0.05) is 24.3 Å². The van der Waals surface area contributed by atoms with Crippen LogP contribution in [0.1, 0.15) is 68.4 Å². The fraction of sp³-hybridized carbons (Fsp3) is 0.652. The summed E-state index contributed by atoms with van der Waals surface area (Å²) in [4.78, 5) is 0. The van der Waals surface area contributed by atoms with Gasteiger partial charge >= 0.3 is 0 Å². The molecule has 1 aliphatic carbocycles. The van der Waals surface area contributed by atoms with E-state index >= 15 is 0 Å². The predicted molar refractivity (Wildman–Crippen MR) is 107 cm³/mol. The summed E-state index contributed by atoms with van der Waals surface area (Å²) >= 11 is 0. The normalized spacial score (nSPS) is 25.3. The predicted octanol–water partition coefficient (Wildman–Crippen LogP) is 4.65. The molecule has 0 spiro atoms. The third-order valence-electron chi connectivity index (χ3n) is 6.27. The minimum atomic E-state index is -0.996.